The predicted octanol–water partition coefficient (Wildman–Crippen LogP) is 6.14. The van der Waals surface area contributed by atoms with Gasteiger partial charge in [0.2, 0.25) is 0 Å². The van der Waals surface area contributed by atoms with E-state index in [2.05, 4.69) is 0 Å². The Morgan fingerprint density at radius 2 is 1.39 bits per heavy atom. The molecule has 0 bridgehead atoms. The Labute approximate surface area is 178 Å². The van der Waals surface area contributed by atoms with Crippen molar-refractivity contribution in [2.45, 2.75) is 0 Å². The summed E-state index contributed by atoms with van der Waals surface area (Å²) in [6.07, 6.45) is 0. The minimum Gasteiger partial charge on any atom is -0.457 e. The number of nitro groups is 1. The summed E-state index contributed by atoms with van der Waals surface area (Å²) in [6, 6.07) is 28.3. The van der Waals surface area contributed by atoms with Gasteiger partial charge in [0.15, 0.2) is 0 Å². The van der Waals surface area contributed by atoms with E-state index in [4.69, 9.17) is 10.5 Å². The first kappa shape index (κ1) is 19.8. The summed E-state index contributed by atoms with van der Waals surface area (Å²) in [5.41, 5.74) is 11.3. The Balaban J connectivity index is 1.70. The molecule has 0 aliphatic heterocycles. The van der Waals surface area contributed by atoms with Crippen molar-refractivity contribution in [2.75, 3.05) is 0 Å². The Hall–Kier alpha value is -4.45. The van der Waals surface area contributed by atoms with E-state index in [-0.39, 0.29) is 11.3 Å². The monoisotopic (exact) mass is 409 g/mol. The number of hydrogen-bond acceptors (Lipinski definition) is 4. The second kappa shape index (κ2) is 8.51. The van der Waals surface area contributed by atoms with Crippen molar-refractivity contribution in [1.82, 2.24) is 5.73 Å². The molecule has 0 atom stereocenters. The van der Waals surface area contributed by atoms with Gasteiger partial charge in [-0.05, 0) is 47.0 Å². The predicted molar refractivity (Wildman–Crippen MR) is 118 cm³/mol. The van der Waals surface area contributed by atoms with Gasteiger partial charge in [-0.3, -0.25) is 20.6 Å². The average Bonchev–Trinajstić information content (AvgIpc) is 2.80. The average molecular weight is 409 g/mol. The maximum Gasteiger partial charge on any atom is 0.269 e. The van der Waals surface area contributed by atoms with Gasteiger partial charge in [0.1, 0.15) is 11.5 Å². The second-order valence-electron chi connectivity index (χ2n) is 6.84. The number of benzene rings is 4. The van der Waals surface area contributed by atoms with Crippen LogP contribution in [0.2, 0.25) is 0 Å². The molecule has 0 heterocycles. The molecule has 0 saturated carbocycles. The summed E-state index contributed by atoms with van der Waals surface area (Å²) in [5, 5.41) is 10.9. The molecule has 0 aromatic heterocycles. The van der Waals surface area contributed by atoms with Crippen LogP contribution in [0.1, 0.15) is 10.4 Å². The van der Waals surface area contributed by atoms with E-state index in [1.165, 1.54) is 30.3 Å². The largest absolute Gasteiger partial charge is 0.457 e. The molecule has 1 amide bonds. The summed E-state index contributed by atoms with van der Waals surface area (Å²) in [7, 11) is 0. The molecule has 0 spiro atoms. The number of nitro benzene ring substituents is 1. The molecule has 1 radical (unpaired) electrons. The van der Waals surface area contributed by atoms with Gasteiger partial charge in [0.05, 0.1) is 4.92 Å². The number of non-ortho nitro benzene ring substituents is 1. The fourth-order valence-electron chi connectivity index (χ4n) is 3.22. The minimum atomic E-state index is -0.788. The number of nitrogens with zero attached hydrogens (tertiary/aromatic N) is 1. The quantitative estimate of drug-likeness (QED) is 0.282. The van der Waals surface area contributed by atoms with Gasteiger partial charge >= 0.3 is 0 Å². The summed E-state index contributed by atoms with van der Waals surface area (Å²) in [6.45, 7) is 0. The molecule has 4 aromatic carbocycles. The van der Waals surface area contributed by atoms with Gasteiger partial charge < -0.3 is 4.74 Å². The zero-order valence-electron chi connectivity index (χ0n) is 16.3. The van der Waals surface area contributed by atoms with Crippen LogP contribution in [0.3, 0.4) is 0 Å². The van der Waals surface area contributed by atoms with E-state index >= 15 is 0 Å². The zero-order chi connectivity index (χ0) is 21.8. The van der Waals surface area contributed by atoms with Crippen molar-refractivity contribution < 1.29 is 14.5 Å². The van der Waals surface area contributed by atoms with Crippen molar-refractivity contribution >= 4 is 11.6 Å². The van der Waals surface area contributed by atoms with E-state index in [1.807, 2.05) is 54.6 Å². The standard InChI is InChI=1S/C25H17N2O4/c26-25(28)20-10-15-24(31-22-13-11-21(12-14-22)27(29)30)23(16-20)19-8-6-18(7-9-19)17-4-2-1-3-5-17/h1-16,26H. The Morgan fingerprint density at radius 3 is 2.00 bits per heavy atom. The Morgan fingerprint density at radius 1 is 0.774 bits per heavy atom. The first-order valence-electron chi connectivity index (χ1n) is 9.49. The lowest BCUT2D eigenvalue weighted by molar-refractivity contribution is -0.384. The summed E-state index contributed by atoms with van der Waals surface area (Å²) >= 11 is 0. The number of carbonyl (C=O) groups is 1. The molecule has 4 aromatic rings. The molecule has 0 aliphatic rings. The third-order valence-corrected chi connectivity index (χ3v) is 4.82. The lowest BCUT2D eigenvalue weighted by atomic mass is 9.98. The van der Waals surface area contributed by atoms with E-state index in [1.54, 1.807) is 12.1 Å². The van der Waals surface area contributed by atoms with Gasteiger partial charge in [-0.15, -0.1) is 0 Å². The highest BCUT2D eigenvalue weighted by Crippen LogP contribution is 2.35. The highest BCUT2D eigenvalue weighted by molar-refractivity contribution is 5.94. The molecule has 1 N–H and O–H groups in total. The molecule has 0 fully saturated rings. The van der Waals surface area contributed by atoms with Crippen LogP contribution in [0.5, 0.6) is 11.5 Å². The SMILES string of the molecule is [NH]C(=O)c1ccc(Oc2ccc([N+](=O)[O-])cc2)c(-c2ccc(-c3ccccc3)cc2)c1. The van der Waals surface area contributed by atoms with E-state index < -0.39 is 10.8 Å². The van der Waals surface area contributed by atoms with Crippen LogP contribution in [0.25, 0.3) is 22.3 Å². The third kappa shape index (κ3) is 4.43. The number of amides is 1. The lowest BCUT2D eigenvalue weighted by Gasteiger charge is -2.13. The van der Waals surface area contributed by atoms with Crippen LogP contribution in [0.4, 0.5) is 5.69 Å². The molecule has 6 heteroatoms. The van der Waals surface area contributed by atoms with Gasteiger partial charge in [-0.25, -0.2) is 0 Å². The maximum absolute atomic E-state index is 11.6. The fraction of sp³-hybridized carbons (Fsp3) is 0. The molecule has 6 nitrogen and oxygen atoms in total. The van der Waals surface area contributed by atoms with Crippen molar-refractivity contribution in [3.63, 3.8) is 0 Å². The molecule has 4 rings (SSSR count). The Bertz CT molecular complexity index is 1240. The van der Waals surface area contributed by atoms with E-state index in [9.17, 15) is 14.9 Å². The molecular weight excluding hydrogens is 392 g/mol. The second-order valence-corrected chi connectivity index (χ2v) is 6.84. The van der Waals surface area contributed by atoms with Gasteiger partial charge in [-0.1, -0.05) is 54.6 Å². The molecule has 0 aliphatic carbocycles. The Kier molecular flexibility index (Phi) is 5.45. The summed E-state index contributed by atoms with van der Waals surface area (Å²) < 4.78 is 5.95. The van der Waals surface area contributed by atoms with E-state index in [0.29, 0.717) is 17.1 Å². The molecule has 151 valence electrons. The first-order chi connectivity index (χ1) is 15.0. The fourth-order valence-corrected chi connectivity index (χ4v) is 3.22. The van der Waals surface area contributed by atoms with Crippen LogP contribution in [-0.4, -0.2) is 10.8 Å². The van der Waals surface area contributed by atoms with Crippen LogP contribution >= 0.6 is 0 Å². The normalized spacial score (nSPS) is 10.5. The third-order valence-electron chi connectivity index (χ3n) is 4.82. The molecule has 0 unspecified atom stereocenters. The number of nitrogens with one attached hydrogen (secondary N) is 1. The topological polar surface area (TPSA) is 93.2 Å². The van der Waals surface area contributed by atoms with Crippen LogP contribution in [0.15, 0.2) is 97.1 Å². The highest BCUT2D eigenvalue weighted by atomic mass is 16.6. The highest BCUT2D eigenvalue weighted by Gasteiger charge is 2.13. The number of hydrogen-bond donors (Lipinski definition) is 0. The van der Waals surface area contributed by atoms with Crippen LogP contribution < -0.4 is 10.5 Å². The summed E-state index contributed by atoms with van der Waals surface area (Å²) in [5.74, 6) is 0.119. The smallest absolute Gasteiger partial charge is 0.269 e. The van der Waals surface area contributed by atoms with Crippen molar-refractivity contribution in [3.05, 3.63) is 113 Å². The lowest BCUT2D eigenvalue weighted by Crippen LogP contribution is -2.00. The number of carbonyl (C=O) groups excluding carboxylic acids is 1. The van der Waals surface area contributed by atoms with Gasteiger partial charge in [-0.2, -0.15) is 0 Å². The van der Waals surface area contributed by atoms with E-state index in [0.717, 1.165) is 16.7 Å². The number of ether oxygens (including phenoxy) is 1. The van der Waals surface area contributed by atoms with Crippen LogP contribution in [-0.2, 0) is 0 Å². The van der Waals surface area contributed by atoms with Crippen molar-refractivity contribution in [3.8, 4) is 33.8 Å². The zero-order valence-corrected chi connectivity index (χ0v) is 16.3. The first-order valence-corrected chi connectivity index (χ1v) is 9.49. The molecule has 31 heavy (non-hydrogen) atoms. The molecular formula is C25H17N2O4. The minimum absolute atomic E-state index is 0.0285. The van der Waals surface area contributed by atoms with Crippen molar-refractivity contribution in [2.24, 2.45) is 0 Å². The van der Waals surface area contributed by atoms with Crippen LogP contribution in [0, 0.1) is 10.1 Å². The summed E-state index contributed by atoms with van der Waals surface area (Å²) in [4.78, 5) is 22.0. The van der Waals surface area contributed by atoms with Crippen molar-refractivity contribution in [1.29, 1.82) is 0 Å². The number of rotatable bonds is 6. The van der Waals surface area contributed by atoms with Gasteiger partial charge in [0.25, 0.3) is 11.6 Å². The van der Waals surface area contributed by atoms with Gasteiger partial charge in [0, 0.05) is 23.3 Å². The maximum atomic E-state index is 11.6. The molecule has 0 saturated heterocycles.